The third-order valence-electron chi connectivity index (χ3n) is 8.43. The van der Waals surface area contributed by atoms with Crippen molar-refractivity contribution < 1.29 is 8.98 Å². The molecule has 208 valence electrons. The summed E-state index contributed by atoms with van der Waals surface area (Å²) in [6.07, 6.45) is 4.11. The van der Waals surface area contributed by atoms with E-state index in [1.807, 2.05) is 33.0 Å². The molecule has 42 heavy (non-hydrogen) atoms. The second-order valence-electron chi connectivity index (χ2n) is 12.8. The smallest absolute Gasteiger partial charge is 0.227 e. The highest BCUT2D eigenvalue weighted by Gasteiger charge is 2.38. The largest absolute Gasteiger partial charge is 0.437 e. The SMILES string of the molecule is [B]C(C)(C)c1cc[n+](C(C)(C)c2cc(C)ccc2-c2ccc(C)cn2)c(-c2c(C)ccc3c2oc2nc(C)ccc23)c1. The highest BCUT2D eigenvalue weighted by atomic mass is 16.3. The number of hydrogen-bond donors (Lipinski definition) is 0. The Hall–Kier alpha value is -4.25. The lowest BCUT2D eigenvalue weighted by atomic mass is 9.67. The second kappa shape index (κ2) is 9.94. The van der Waals surface area contributed by atoms with Gasteiger partial charge in [-0.3, -0.25) is 4.98 Å². The molecule has 0 aliphatic rings. The van der Waals surface area contributed by atoms with E-state index >= 15 is 0 Å². The lowest BCUT2D eigenvalue weighted by Gasteiger charge is -2.27. The van der Waals surface area contributed by atoms with Crippen molar-refractivity contribution in [1.82, 2.24) is 9.97 Å². The molecule has 6 rings (SSSR count). The fourth-order valence-corrected chi connectivity index (χ4v) is 5.96. The molecular formula is C37H37BN3O+. The predicted molar refractivity (Wildman–Crippen MR) is 173 cm³/mol. The Morgan fingerprint density at radius 1 is 0.786 bits per heavy atom. The quantitative estimate of drug-likeness (QED) is 0.160. The lowest BCUT2D eigenvalue weighted by Crippen LogP contribution is -2.54. The molecule has 0 bridgehead atoms. The summed E-state index contributed by atoms with van der Waals surface area (Å²) in [5.41, 5.74) is 11.8. The van der Waals surface area contributed by atoms with Crippen LogP contribution < -0.4 is 4.57 Å². The molecule has 0 spiro atoms. The van der Waals surface area contributed by atoms with Gasteiger partial charge in [0.15, 0.2) is 17.3 Å². The van der Waals surface area contributed by atoms with E-state index in [1.54, 1.807) is 0 Å². The van der Waals surface area contributed by atoms with Gasteiger partial charge in [-0.2, -0.15) is 4.57 Å². The fraction of sp³-hybridized carbons (Fsp3) is 0.270. The van der Waals surface area contributed by atoms with Crippen molar-refractivity contribution >= 4 is 29.9 Å². The number of benzene rings is 2. The molecule has 0 amide bonds. The molecular weight excluding hydrogens is 513 g/mol. The zero-order chi connectivity index (χ0) is 30.0. The highest BCUT2D eigenvalue weighted by molar-refractivity contribution is 6.15. The average molecular weight is 551 g/mol. The van der Waals surface area contributed by atoms with E-state index in [1.165, 1.54) is 11.1 Å². The number of pyridine rings is 3. The Balaban J connectivity index is 1.67. The van der Waals surface area contributed by atoms with Gasteiger partial charge in [-0.15, -0.1) is 0 Å². The molecule has 2 radical (unpaired) electrons. The molecule has 4 aromatic heterocycles. The summed E-state index contributed by atoms with van der Waals surface area (Å²) in [6.45, 7) is 17.0. The minimum absolute atomic E-state index is 0.462. The van der Waals surface area contributed by atoms with Crippen LogP contribution in [0.2, 0.25) is 0 Å². The third-order valence-corrected chi connectivity index (χ3v) is 8.43. The maximum Gasteiger partial charge on any atom is 0.227 e. The molecule has 2 aromatic carbocycles. The van der Waals surface area contributed by atoms with Gasteiger partial charge in [-0.05, 0) is 74.0 Å². The van der Waals surface area contributed by atoms with Crippen LogP contribution >= 0.6 is 0 Å². The summed E-state index contributed by atoms with van der Waals surface area (Å²) < 4.78 is 8.92. The normalized spacial score (nSPS) is 12.4. The first kappa shape index (κ1) is 27.9. The summed E-state index contributed by atoms with van der Waals surface area (Å²) in [7, 11) is 6.68. The topological polar surface area (TPSA) is 42.8 Å². The van der Waals surface area contributed by atoms with E-state index in [-0.39, 0.29) is 0 Å². The zero-order valence-electron chi connectivity index (χ0n) is 25.8. The Morgan fingerprint density at radius 2 is 1.52 bits per heavy atom. The summed E-state index contributed by atoms with van der Waals surface area (Å²) >= 11 is 0. The molecule has 0 atom stereocenters. The van der Waals surface area contributed by atoms with Crippen molar-refractivity contribution in [2.45, 2.75) is 66.2 Å². The van der Waals surface area contributed by atoms with E-state index in [9.17, 15) is 0 Å². The van der Waals surface area contributed by atoms with Crippen LogP contribution in [0.1, 0.15) is 61.2 Å². The van der Waals surface area contributed by atoms with Crippen molar-refractivity contribution in [3.8, 4) is 22.5 Å². The molecule has 4 nitrogen and oxygen atoms in total. The van der Waals surface area contributed by atoms with Crippen LogP contribution in [0.5, 0.6) is 0 Å². The van der Waals surface area contributed by atoms with Crippen molar-refractivity contribution in [2.75, 3.05) is 0 Å². The van der Waals surface area contributed by atoms with E-state index in [0.717, 1.165) is 61.3 Å². The van der Waals surface area contributed by atoms with Gasteiger partial charge in [0.1, 0.15) is 0 Å². The van der Waals surface area contributed by atoms with Gasteiger partial charge in [-0.25, -0.2) is 4.98 Å². The van der Waals surface area contributed by atoms with Crippen LogP contribution in [-0.4, -0.2) is 17.8 Å². The van der Waals surface area contributed by atoms with Gasteiger partial charge in [0.05, 0.1) is 19.1 Å². The third kappa shape index (κ3) is 4.71. The number of hydrogen-bond acceptors (Lipinski definition) is 3. The van der Waals surface area contributed by atoms with Gasteiger partial charge >= 0.3 is 0 Å². The first-order valence-corrected chi connectivity index (χ1v) is 14.5. The molecule has 4 heterocycles. The molecule has 6 aromatic rings. The monoisotopic (exact) mass is 550 g/mol. The Labute approximate surface area is 249 Å². The van der Waals surface area contributed by atoms with Crippen LogP contribution in [0.25, 0.3) is 44.6 Å². The van der Waals surface area contributed by atoms with Gasteiger partial charge in [0, 0.05) is 59.8 Å². The van der Waals surface area contributed by atoms with Crippen LogP contribution in [0.3, 0.4) is 0 Å². The number of aromatic nitrogens is 3. The summed E-state index contributed by atoms with van der Waals surface area (Å²) in [4.78, 5) is 9.53. The first-order chi connectivity index (χ1) is 19.8. The summed E-state index contributed by atoms with van der Waals surface area (Å²) in [5, 5.41) is 1.55. The van der Waals surface area contributed by atoms with Crippen LogP contribution in [0.4, 0.5) is 0 Å². The number of rotatable bonds is 5. The van der Waals surface area contributed by atoms with Gasteiger partial charge in [0.2, 0.25) is 11.4 Å². The average Bonchev–Trinajstić information content (AvgIpc) is 3.30. The standard InChI is InChI=1S/C37H37BN3O/c1-22-9-13-29(31-16-10-23(2)21-39-31)30(19-22)37(7,8)41-18-17-26(36(5,6)38)20-32(41)33-24(3)11-14-27-28-15-12-25(4)40-35(28)42-34(27)33/h9-21H,1-8H3/q+1. The van der Waals surface area contributed by atoms with Crippen LogP contribution in [0, 0.1) is 27.7 Å². The molecule has 0 unspecified atom stereocenters. The number of nitrogens with zero attached hydrogens (tertiary/aromatic N) is 3. The van der Waals surface area contributed by atoms with Crippen molar-refractivity contribution in [3.63, 3.8) is 0 Å². The number of fused-ring (bicyclic) bond motifs is 3. The van der Waals surface area contributed by atoms with Crippen LogP contribution in [-0.2, 0) is 10.9 Å². The van der Waals surface area contributed by atoms with E-state index < -0.39 is 10.9 Å². The lowest BCUT2D eigenvalue weighted by molar-refractivity contribution is -0.737. The number of aryl methyl sites for hydroxylation is 4. The maximum absolute atomic E-state index is 6.68. The molecule has 0 aliphatic carbocycles. The summed E-state index contributed by atoms with van der Waals surface area (Å²) in [6, 6.07) is 23.7. The minimum Gasteiger partial charge on any atom is -0.437 e. The molecule has 0 saturated heterocycles. The van der Waals surface area contributed by atoms with Crippen molar-refractivity contribution in [2.24, 2.45) is 0 Å². The van der Waals surface area contributed by atoms with E-state index in [4.69, 9.17) is 22.2 Å². The Kier molecular flexibility index (Phi) is 6.60. The van der Waals surface area contributed by atoms with Gasteiger partial charge in [0.25, 0.3) is 0 Å². The van der Waals surface area contributed by atoms with E-state index in [2.05, 4.69) is 106 Å². The summed E-state index contributed by atoms with van der Waals surface area (Å²) in [5.74, 6) is 0. The zero-order valence-corrected chi connectivity index (χ0v) is 25.8. The molecule has 5 heteroatoms. The molecule has 0 saturated carbocycles. The van der Waals surface area contributed by atoms with E-state index in [0.29, 0.717) is 5.71 Å². The van der Waals surface area contributed by atoms with Crippen molar-refractivity contribution in [3.05, 3.63) is 113 Å². The number of furan rings is 1. The first-order valence-electron chi connectivity index (χ1n) is 14.5. The Morgan fingerprint density at radius 3 is 2.24 bits per heavy atom. The molecule has 0 aliphatic heterocycles. The molecule has 0 N–H and O–H groups in total. The van der Waals surface area contributed by atoms with Crippen molar-refractivity contribution in [1.29, 1.82) is 0 Å². The predicted octanol–water partition coefficient (Wildman–Crippen LogP) is 8.42. The Bertz CT molecular complexity index is 1980. The fourth-order valence-electron chi connectivity index (χ4n) is 5.96. The van der Waals surface area contributed by atoms with Crippen LogP contribution in [0.15, 0.2) is 83.5 Å². The highest BCUT2D eigenvalue weighted by Crippen LogP contribution is 2.39. The minimum atomic E-state index is -0.521. The van der Waals surface area contributed by atoms with Gasteiger partial charge in [-0.1, -0.05) is 49.7 Å². The second-order valence-corrected chi connectivity index (χ2v) is 12.8. The molecule has 0 fully saturated rings. The maximum atomic E-state index is 6.68. The van der Waals surface area contributed by atoms with Gasteiger partial charge < -0.3 is 4.42 Å².